The van der Waals surface area contributed by atoms with Crippen LogP contribution in [0.3, 0.4) is 0 Å². The summed E-state index contributed by atoms with van der Waals surface area (Å²) in [5.41, 5.74) is 0. The van der Waals surface area contributed by atoms with Crippen molar-refractivity contribution < 1.29 is 19.1 Å². The molecule has 0 aromatic carbocycles. The molecule has 0 atom stereocenters. The fourth-order valence-corrected chi connectivity index (χ4v) is 3.64. The molecule has 0 bridgehead atoms. The number of amides is 3. The lowest BCUT2D eigenvalue weighted by molar-refractivity contribution is -0.126. The molecule has 8 heteroatoms. The van der Waals surface area contributed by atoms with Crippen LogP contribution in [0.4, 0.5) is 4.79 Å². The molecule has 1 aromatic heterocycles. The molecule has 3 heterocycles. The van der Waals surface area contributed by atoms with Gasteiger partial charge in [-0.25, -0.2) is 9.69 Å². The number of likely N-dealkylation sites (tertiary alicyclic amines) is 1. The number of imide groups is 1. The molecule has 2 aliphatic heterocycles. The fourth-order valence-electron chi connectivity index (χ4n) is 2.25. The molecule has 3 amide bonds. The SMILES string of the molecule is O=C(c1cc(Br)cs1)N1CC(CN2C(=O)COC2=O)C1. The van der Waals surface area contributed by atoms with Crippen LogP contribution in [0.15, 0.2) is 15.9 Å². The Balaban J connectivity index is 1.53. The lowest BCUT2D eigenvalue weighted by atomic mass is 9.99. The summed E-state index contributed by atoms with van der Waals surface area (Å²) >= 11 is 4.71. The number of hydrogen-bond acceptors (Lipinski definition) is 5. The summed E-state index contributed by atoms with van der Waals surface area (Å²) in [5, 5.41) is 1.86. The highest BCUT2D eigenvalue weighted by Crippen LogP contribution is 2.25. The monoisotopic (exact) mass is 358 g/mol. The number of ether oxygens (including phenoxy) is 1. The Morgan fingerprint density at radius 2 is 2.20 bits per heavy atom. The van der Waals surface area contributed by atoms with E-state index in [0.717, 1.165) is 9.37 Å². The first kappa shape index (κ1) is 13.6. The first-order chi connectivity index (χ1) is 9.54. The molecule has 2 saturated heterocycles. The van der Waals surface area contributed by atoms with Crippen molar-refractivity contribution in [3.63, 3.8) is 0 Å². The number of halogens is 1. The van der Waals surface area contributed by atoms with E-state index in [4.69, 9.17) is 0 Å². The summed E-state index contributed by atoms with van der Waals surface area (Å²) in [6, 6.07) is 1.79. The van der Waals surface area contributed by atoms with E-state index in [1.54, 1.807) is 11.0 Å². The average molecular weight is 359 g/mol. The van der Waals surface area contributed by atoms with Gasteiger partial charge in [-0.1, -0.05) is 0 Å². The van der Waals surface area contributed by atoms with Crippen LogP contribution < -0.4 is 0 Å². The third kappa shape index (κ3) is 2.45. The van der Waals surface area contributed by atoms with Gasteiger partial charge in [0.15, 0.2) is 6.61 Å². The number of nitrogens with zero attached hydrogens (tertiary/aromatic N) is 2. The highest BCUT2D eigenvalue weighted by Gasteiger charge is 2.38. The van der Waals surface area contributed by atoms with E-state index in [0.29, 0.717) is 24.5 Å². The molecule has 0 saturated carbocycles. The van der Waals surface area contributed by atoms with E-state index < -0.39 is 6.09 Å². The Morgan fingerprint density at radius 1 is 1.45 bits per heavy atom. The van der Waals surface area contributed by atoms with Gasteiger partial charge in [-0.15, -0.1) is 11.3 Å². The molecular weight excluding hydrogens is 348 g/mol. The van der Waals surface area contributed by atoms with Crippen molar-refractivity contribution in [1.82, 2.24) is 9.80 Å². The lowest BCUT2D eigenvalue weighted by Crippen LogP contribution is -2.54. The number of cyclic esters (lactones) is 1. The Labute approximate surface area is 127 Å². The summed E-state index contributed by atoms with van der Waals surface area (Å²) in [5.74, 6) is -0.175. The zero-order valence-corrected chi connectivity index (χ0v) is 12.8. The van der Waals surface area contributed by atoms with E-state index in [2.05, 4.69) is 20.7 Å². The van der Waals surface area contributed by atoms with Crippen LogP contribution in [0.5, 0.6) is 0 Å². The molecule has 0 N–H and O–H groups in total. The Bertz CT molecular complexity index is 566. The van der Waals surface area contributed by atoms with Crippen LogP contribution in [-0.2, 0) is 9.53 Å². The van der Waals surface area contributed by atoms with Crippen LogP contribution in [-0.4, -0.2) is 53.9 Å². The predicted octanol–water partition coefficient (Wildman–Crippen LogP) is 1.56. The molecule has 1 aromatic rings. The van der Waals surface area contributed by atoms with Gasteiger partial charge in [0.2, 0.25) is 0 Å². The maximum atomic E-state index is 12.1. The van der Waals surface area contributed by atoms with Crippen LogP contribution in [0, 0.1) is 5.92 Å². The van der Waals surface area contributed by atoms with Gasteiger partial charge in [0.25, 0.3) is 11.8 Å². The Morgan fingerprint density at radius 3 is 2.75 bits per heavy atom. The maximum absolute atomic E-state index is 12.1. The van der Waals surface area contributed by atoms with Crippen LogP contribution in [0.2, 0.25) is 0 Å². The number of carbonyl (C=O) groups excluding carboxylic acids is 3. The fraction of sp³-hybridized carbons (Fsp3) is 0.417. The molecule has 6 nitrogen and oxygen atoms in total. The minimum absolute atomic E-state index is 0.00715. The Hall–Kier alpha value is -1.41. The zero-order chi connectivity index (χ0) is 14.3. The van der Waals surface area contributed by atoms with Crippen molar-refractivity contribution in [2.75, 3.05) is 26.2 Å². The number of hydrogen-bond donors (Lipinski definition) is 0. The summed E-state index contributed by atoms with van der Waals surface area (Å²) in [4.78, 5) is 38.3. The predicted molar refractivity (Wildman–Crippen MR) is 74.5 cm³/mol. The molecule has 2 aliphatic rings. The second-order valence-corrected chi connectivity index (χ2v) is 6.59. The largest absolute Gasteiger partial charge is 0.439 e. The second kappa shape index (κ2) is 5.17. The van der Waals surface area contributed by atoms with Crippen LogP contribution in [0.1, 0.15) is 9.67 Å². The standard InChI is InChI=1S/C12H11BrN2O4S/c13-8-1-9(20-6-8)11(17)14-2-7(3-14)4-15-10(16)5-19-12(15)18/h1,6-7H,2-5H2. The van der Waals surface area contributed by atoms with Crippen molar-refractivity contribution in [2.24, 2.45) is 5.92 Å². The smallest absolute Gasteiger partial charge is 0.417 e. The summed E-state index contributed by atoms with van der Waals surface area (Å²) in [6.45, 7) is 1.28. The molecule has 3 rings (SSSR count). The Kier molecular flexibility index (Phi) is 3.51. The highest BCUT2D eigenvalue weighted by molar-refractivity contribution is 9.10. The van der Waals surface area contributed by atoms with Crippen LogP contribution >= 0.6 is 27.3 Å². The van der Waals surface area contributed by atoms with Crippen molar-refractivity contribution >= 4 is 45.2 Å². The summed E-state index contributed by atoms with van der Waals surface area (Å²) in [6.07, 6.45) is -0.582. The van der Waals surface area contributed by atoms with E-state index in [9.17, 15) is 14.4 Å². The topological polar surface area (TPSA) is 66.9 Å². The van der Waals surface area contributed by atoms with Gasteiger partial charge in [0.05, 0.1) is 4.88 Å². The van der Waals surface area contributed by atoms with Crippen LogP contribution in [0.25, 0.3) is 0 Å². The van der Waals surface area contributed by atoms with E-state index in [1.807, 2.05) is 5.38 Å². The zero-order valence-electron chi connectivity index (χ0n) is 10.4. The van der Waals surface area contributed by atoms with Gasteiger partial charge < -0.3 is 9.64 Å². The molecule has 0 aliphatic carbocycles. The highest BCUT2D eigenvalue weighted by atomic mass is 79.9. The summed E-state index contributed by atoms with van der Waals surface area (Å²) < 4.78 is 5.54. The normalized spacial score (nSPS) is 19.2. The second-order valence-electron chi connectivity index (χ2n) is 4.76. The first-order valence-corrected chi connectivity index (χ1v) is 7.72. The van der Waals surface area contributed by atoms with Gasteiger partial charge in [0, 0.05) is 35.4 Å². The third-order valence-corrected chi connectivity index (χ3v) is 4.98. The summed E-state index contributed by atoms with van der Waals surface area (Å²) in [7, 11) is 0. The molecule has 20 heavy (non-hydrogen) atoms. The van der Waals surface area contributed by atoms with Crippen molar-refractivity contribution in [3.05, 3.63) is 20.8 Å². The minimum Gasteiger partial charge on any atom is -0.439 e. The van der Waals surface area contributed by atoms with Gasteiger partial charge in [-0.3, -0.25) is 9.59 Å². The van der Waals surface area contributed by atoms with Gasteiger partial charge >= 0.3 is 6.09 Å². The van der Waals surface area contributed by atoms with Gasteiger partial charge in [-0.05, 0) is 22.0 Å². The minimum atomic E-state index is -0.582. The molecular formula is C12H11BrN2O4S. The van der Waals surface area contributed by atoms with E-state index in [1.165, 1.54) is 11.3 Å². The molecule has 2 fully saturated rings. The first-order valence-electron chi connectivity index (χ1n) is 6.05. The number of carbonyl (C=O) groups is 3. The number of rotatable bonds is 3. The van der Waals surface area contributed by atoms with Crippen molar-refractivity contribution in [3.8, 4) is 0 Å². The molecule has 106 valence electrons. The van der Waals surface area contributed by atoms with Crippen molar-refractivity contribution in [2.45, 2.75) is 0 Å². The lowest BCUT2D eigenvalue weighted by Gasteiger charge is -2.39. The molecule has 0 radical (unpaired) electrons. The molecule has 0 unspecified atom stereocenters. The van der Waals surface area contributed by atoms with E-state index >= 15 is 0 Å². The maximum Gasteiger partial charge on any atom is 0.417 e. The van der Waals surface area contributed by atoms with Crippen molar-refractivity contribution in [1.29, 1.82) is 0 Å². The van der Waals surface area contributed by atoms with Gasteiger partial charge in [0.1, 0.15) is 0 Å². The van der Waals surface area contributed by atoms with Gasteiger partial charge in [-0.2, -0.15) is 0 Å². The average Bonchev–Trinajstić information content (AvgIpc) is 2.92. The van der Waals surface area contributed by atoms with E-state index in [-0.39, 0.29) is 24.3 Å². The molecule has 0 spiro atoms. The third-order valence-electron chi connectivity index (χ3n) is 3.30. The number of thiophene rings is 1. The quantitative estimate of drug-likeness (QED) is 0.822.